The summed E-state index contributed by atoms with van der Waals surface area (Å²) in [6.07, 6.45) is 4.55. The second kappa shape index (κ2) is 8.02. The molecule has 1 N–H and O–H groups in total. The average molecular weight is 190 g/mol. The second-order valence-corrected chi connectivity index (χ2v) is 3.36. The van der Waals surface area contributed by atoms with Crippen molar-refractivity contribution in [2.75, 3.05) is 6.67 Å². The van der Waals surface area contributed by atoms with Gasteiger partial charge in [0.05, 0.1) is 12.6 Å². The molecule has 0 saturated carbocycles. The third kappa shape index (κ3) is 6.55. The zero-order chi connectivity index (χ0) is 10.1. The summed E-state index contributed by atoms with van der Waals surface area (Å²) in [6.45, 7) is 1.70. The molecular formula is C10H19FO2. The number of hydrogen-bond donors (Lipinski definition) is 1. The van der Waals surface area contributed by atoms with Crippen LogP contribution in [0, 0.1) is 5.92 Å². The first kappa shape index (κ1) is 12.4. The minimum atomic E-state index is -0.706. The Balaban J connectivity index is 3.51. The summed E-state index contributed by atoms with van der Waals surface area (Å²) in [7, 11) is 0. The van der Waals surface area contributed by atoms with E-state index in [0.29, 0.717) is 12.8 Å². The molecule has 0 aromatic rings. The lowest BCUT2D eigenvalue weighted by molar-refractivity contribution is -0.142. The maximum atomic E-state index is 11.7. The smallest absolute Gasteiger partial charge is 0.306 e. The maximum Gasteiger partial charge on any atom is 0.306 e. The molecule has 1 atom stereocenters. The number of carbonyl (C=O) groups is 1. The van der Waals surface area contributed by atoms with Gasteiger partial charge in [0, 0.05) is 0 Å². The van der Waals surface area contributed by atoms with Gasteiger partial charge in [0.15, 0.2) is 0 Å². The van der Waals surface area contributed by atoms with Gasteiger partial charge in [0.25, 0.3) is 0 Å². The van der Waals surface area contributed by atoms with Crippen LogP contribution in [0.25, 0.3) is 0 Å². The fourth-order valence-corrected chi connectivity index (χ4v) is 1.40. The molecule has 78 valence electrons. The molecule has 0 radical (unpaired) electrons. The molecule has 0 aromatic heterocycles. The van der Waals surface area contributed by atoms with E-state index in [1.165, 1.54) is 0 Å². The largest absolute Gasteiger partial charge is 0.481 e. The lowest BCUT2D eigenvalue weighted by atomic mass is 9.97. The van der Waals surface area contributed by atoms with Crippen molar-refractivity contribution in [1.82, 2.24) is 0 Å². The molecule has 0 aliphatic carbocycles. The molecule has 0 spiro atoms. The molecule has 0 saturated heterocycles. The Labute approximate surface area is 79.1 Å². The molecule has 0 bridgehead atoms. The van der Waals surface area contributed by atoms with Gasteiger partial charge in [-0.25, -0.2) is 0 Å². The number of halogens is 1. The van der Waals surface area contributed by atoms with Crippen LogP contribution in [-0.2, 0) is 4.79 Å². The summed E-state index contributed by atoms with van der Waals surface area (Å²) >= 11 is 0. The Morgan fingerprint density at radius 2 is 2.00 bits per heavy atom. The molecule has 1 unspecified atom stereocenters. The highest BCUT2D eigenvalue weighted by atomic mass is 19.1. The van der Waals surface area contributed by atoms with E-state index in [1.807, 2.05) is 6.92 Å². The topological polar surface area (TPSA) is 37.3 Å². The number of aliphatic carboxylic acids is 1. The first-order valence-electron chi connectivity index (χ1n) is 5.01. The van der Waals surface area contributed by atoms with Gasteiger partial charge >= 0.3 is 5.97 Å². The zero-order valence-corrected chi connectivity index (χ0v) is 8.26. The van der Waals surface area contributed by atoms with Crippen LogP contribution in [0.5, 0.6) is 0 Å². The maximum absolute atomic E-state index is 11.7. The molecular weight excluding hydrogens is 171 g/mol. The van der Waals surface area contributed by atoms with Gasteiger partial charge < -0.3 is 5.11 Å². The van der Waals surface area contributed by atoms with Crippen LogP contribution in [0.1, 0.15) is 45.4 Å². The highest BCUT2D eigenvalue weighted by Crippen LogP contribution is 2.15. The lowest BCUT2D eigenvalue weighted by Crippen LogP contribution is -2.13. The molecule has 0 aliphatic rings. The van der Waals surface area contributed by atoms with Gasteiger partial charge in [0.1, 0.15) is 0 Å². The van der Waals surface area contributed by atoms with Crippen molar-refractivity contribution < 1.29 is 14.3 Å². The van der Waals surface area contributed by atoms with Crippen molar-refractivity contribution in [3.8, 4) is 0 Å². The first-order chi connectivity index (χ1) is 6.22. The van der Waals surface area contributed by atoms with Crippen LogP contribution < -0.4 is 0 Å². The van der Waals surface area contributed by atoms with Gasteiger partial charge in [-0.05, 0) is 19.3 Å². The van der Waals surface area contributed by atoms with Crippen molar-refractivity contribution in [2.24, 2.45) is 5.92 Å². The normalized spacial score (nSPS) is 12.8. The summed E-state index contributed by atoms with van der Waals surface area (Å²) in [5.74, 6) is -0.924. The van der Waals surface area contributed by atoms with Crippen LogP contribution in [-0.4, -0.2) is 17.8 Å². The van der Waals surface area contributed by atoms with E-state index in [-0.39, 0.29) is 12.6 Å². The van der Waals surface area contributed by atoms with Crippen molar-refractivity contribution in [3.05, 3.63) is 0 Å². The lowest BCUT2D eigenvalue weighted by Gasteiger charge is -2.09. The van der Waals surface area contributed by atoms with Gasteiger partial charge in [-0.2, -0.15) is 0 Å². The number of alkyl halides is 1. The van der Waals surface area contributed by atoms with E-state index < -0.39 is 5.97 Å². The molecule has 0 heterocycles. The van der Waals surface area contributed by atoms with Crippen LogP contribution in [0.3, 0.4) is 0 Å². The number of carboxylic acid groups (broad SMARTS) is 1. The average Bonchev–Trinajstić information content (AvgIpc) is 2.10. The zero-order valence-electron chi connectivity index (χ0n) is 8.26. The van der Waals surface area contributed by atoms with Crippen LogP contribution in [0.2, 0.25) is 0 Å². The summed E-state index contributed by atoms with van der Waals surface area (Å²) in [4.78, 5) is 10.7. The summed E-state index contributed by atoms with van der Waals surface area (Å²) in [5, 5.41) is 8.79. The van der Waals surface area contributed by atoms with Crippen molar-refractivity contribution >= 4 is 5.97 Å². The Morgan fingerprint density at radius 3 is 2.46 bits per heavy atom. The summed E-state index contributed by atoms with van der Waals surface area (Å²) in [6, 6.07) is 0. The predicted molar refractivity (Wildman–Crippen MR) is 50.5 cm³/mol. The molecule has 0 amide bonds. The fourth-order valence-electron chi connectivity index (χ4n) is 1.40. The molecule has 2 nitrogen and oxygen atoms in total. The van der Waals surface area contributed by atoms with E-state index in [2.05, 4.69) is 0 Å². The Bertz CT molecular complexity index is 137. The van der Waals surface area contributed by atoms with E-state index in [0.717, 1.165) is 25.7 Å². The Morgan fingerprint density at radius 1 is 1.31 bits per heavy atom. The molecule has 0 rings (SSSR count). The highest BCUT2D eigenvalue weighted by molar-refractivity contribution is 5.69. The number of unbranched alkanes of at least 4 members (excludes halogenated alkanes) is 2. The third-order valence-corrected chi connectivity index (χ3v) is 2.17. The van der Waals surface area contributed by atoms with Crippen LogP contribution in [0.15, 0.2) is 0 Å². The molecule has 0 aliphatic heterocycles. The van der Waals surface area contributed by atoms with Crippen molar-refractivity contribution in [3.63, 3.8) is 0 Å². The van der Waals surface area contributed by atoms with Gasteiger partial charge in [0.2, 0.25) is 0 Å². The molecule has 13 heavy (non-hydrogen) atoms. The van der Waals surface area contributed by atoms with Gasteiger partial charge in [-0.1, -0.05) is 26.2 Å². The summed E-state index contributed by atoms with van der Waals surface area (Å²) in [5.41, 5.74) is 0. The SMILES string of the molecule is CCCC(CCCCCF)C(=O)O. The fraction of sp³-hybridized carbons (Fsp3) is 0.900. The first-order valence-corrected chi connectivity index (χ1v) is 5.01. The summed E-state index contributed by atoms with van der Waals surface area (Å²) < 4.78 is 11.7. The Hall–Kier alpha value is -0.600. The third-order valence-electron chi connectivity index (χ3n) is 2.17. The van der Waals surface area contributed by atoms with Crippen LogP contribution >= 0.6 is 0 Å². The molecule has 0 aromatic carbocycles. The minimum absolute atomic E-state index is 0.218. The molecule has 3 heteroatoms. The van der Waals surface area contributed by atoms with E-state index in [1.54, 1.807) is 0 Å². The predicted octanol–water partition coefficient (Wildman–Crippen LogP) is 3.02. The van der Waals surface area contributed by atoms with Gasteiger partial charge in [-0.15, -0.1) is 0 Å². The van der Waals surface area contributed by atoms with E-state index in [9.17, 15) is 9.18 Å². The molecule has 0 fully saturated rings. The van der Waals surface area contributed by atoms with Crippen molar-refractivity contribution in [2.45, 2.75) is 45.4 Å². The highest BCUT2D eigenvalue weighted by Gasteiger charge is 2.14. The van der Waals surface area contributed by atoms with Crippen LogP contribution in [0.4, 0.5) is 4.39 Å². The second-order valence-electron chi connectivity index (χ2n) is 3.36. The quantitative estimate of drug-likeness (QED) is 0.597. The van der Waals surface area contributed by atoms with Crippen molar-refractivity contribution in [1.29, 1.82) is 0 Å². The van der Waals surface area contributed by atoms with E-state index >= 15 is 0 Å². The van der Waals surface area contributed by atoms with E-state index in [4.69, 9.17) is 5.11 Å². The number of hydrogen-bond acceptors (Lipinski definition) is 1. The Kier molecular flexibility index (Phi) is 7.65. The minimum Gasteiger partial charge on any atom is -0.481 e. The number of carboxylic acids is 1. The monoisotopic (exact) mass is 190 g/mol. The van der Waals surface area contributed by atoms with Gasteiger partial charge in [-0.3, -0.25) is 9.18 Å². The standard InChI is InChI=1S/C10H19FO2/c1-2-6-9(10(12)13)7-4-3-5-8-11/h9H,2-8H2,1H3,(H,12,13). The number of rotatable bonds is 8.